The maximum Gasteiger partial charge on any atom is 0.328 e. The van der Waals surface area contributed by atoms with Crippen LogP contribution in [0.2, 0.25) is 0 Å². The number of carbonyl (C=O) groups is 2. The van der Waals surface area contributed by atoms with Crippen molar-refractivity contribution in [3.8, 4) is 0 Å². The number of furan rings is 1. The van der Waals surface area contributed by atoms with Crippen molar-refractivity contribution in [3.05, 3.63) is 41.9 Å². The average molecular weight is 291 g/mol. The number of rotatable bonds is 6. The lowest BCUT2D eigenvalue weighted by molar-refractivity contribution is -0.142. The predicted molar refractivity (Wildman–Crippen MR) is 73.6 cm³/mol. The number of ether oxygens (including phenoxy) is 1. The fourth-order valence-corrected chi connectivity index (χ4v) is 2.00. The van der Waals surface area contributed by atoms with Gasteiger partial charge in [0.05, 0.1) is 25.3 Å². The Morgan fingerprint density at radius 2 is 2.33 bits per heavy atom. The number of esters is 1. The van der Waals surface area contributed by atoms with Crippen molar-refractivity contribution in [3.63, 3.8) is 0 Å². The molecule has 2 heterocycles. The summed E-state index contributed by atoms with van der Waals surface area (Å²) >= 11 is 0. The van der Waals surface area contributed by atoms with Gasteiger partial charge < -0.3 is 19.5 Å². The first-order valence-electron chi connectivity index (χ1n) is 6.58. The second kappa shape index (κ2) is 6.74. The van der Waals surface area contributed by atoms with Gasteiger partial charge >= 0.3 is 5.97 Å². The zero-order valence-corrected chi connectivity index (χ0v) is 11.9. The van der Waals surface area contributed by atoms with Crippen molar-refractivity contribution in [2.45, 2.75) is 25.8 Å². The van der Waals surface area contributed by atoms with Gasteiger partial charge in [0.15, 0.2) is 0 Å². The highest BCUT2D eigenvalue weighted by Gasteiger charge is 2.24. The van der Waals surface area contributed by atoms with Crippen LogP contribution in [-0.4, -0.2) is 35.0 Å². The molecule has 0 aliphatic rings. The Kier molecular flexibility index (Phi) is 4.76. The van der Waals surface area contributed by atoms with E-state index in [0.717, 1.165) is 5.69 Å². The van der Waals surface area contributed by atoms with Gasteiger partial charge in [-0.2, -0.15) is 0 Å². The summed E-state index contributed by atoms with van der Waals surface area (Å²) in [4.78, 5) is 30.8. The normalized spacial score (nSPS) is 11.9. The molecule has 0 aliphatic carbocycles. The highest BCUT2D eigenvalue weighted by Crippen LogP contribution is 2.12. The van der Waals surface area contributed by atoms with Crippen LogP contribution < -0.4 is 5.32 Å². The fourth-order valence-electron chi connectivity index (χ4n) is 2.00. The molecule has 1 atom stereocenters. The third-order valence-electron chi connectivity index (χ3n) is 3.08. The number of hydrogen-bond acceptors (Lipinski definition) is 5. The number of imidazole rings is 1. The Morgan fingerprint density at radius 1 is 1.52 bits per heavy atom. The molecule has 0 radical (unpaired) electrons. The quantitative estimate of drug-likeness (QED) is 0.776. The molecule has 112 valence electrons. The number of amides is 1. The fraction of sp³-hybridized carbons (Fsp3) is 0.357. The van der Waals surface area contributed by atoms with E-state index in [-0.39, 0.29) is 12.3 Å². The van der Waals surface area contributed by atoms with Crippen LogP contribution in [0.15, 0.2) is 29.3 Å². The predicted octanol–water partition coefficient (Wildman–Crippen LogP) is 1.08. The number of aryl methyl sites for hydroxylation is 1. The number of H-pyrrole nitrogens is 1. The first-order chi connectivity index (χ1) is 10.2. The standard InChI is InChI=1S/C14H17N3O4/c1-3-12-10(4-5-21-12)13(18)17-11(14(19)20-2)6-9-7-15-8-16-9/h4-5,7-8,11H,3,6H2,1-2H3,(H,15,16)(H,17,18)/t11-/m0/s1. The lowest BCUT2D eigenvalue weighted by atomic mass is 10.1. The maximum absolute atomic E-state index is 12.2. The number of carbonyl (C=O) groups excluding carboxylic acids is 2. The third-order valence-corrected chi connectivity index (χ3v) is 3.08. The van der Waals surface area contributed by atoms with E-state index in [1.807, 2.05) is 6.92 Å². The Labute approximate surface area is 121 Å². The van der Waals surface area contributed by atoms with Crippen molar-refractivity contribution >= 4 is 11.9 Å². The molecular formula is C14H17N3O4. The van der Waals surface area contributed by atoms with E-state index in [9.17, 15) is 9.59 Å². The van der Waals surface area contributed by atoms with E-state index in [1.54, 1.807) is 12.3 Å². The topological polar surface area (TPSA) is 97.2 Å². The lowest BCUT2D eigenvalue weighted by Gasteiger charge is -2.15. The van der Waals surface area contributed by atoms with Crippen LogP contribution in [0.4, 0.5) is 0 Å². The van der Waals surface area contributed by atoms with Gasteiger partial charge in [-0.05, 0) is 6.07 Å². The Morgan fingerprint density at radius 3 is 2.95 bits per heavy atom. The Balaban J connectivity index is 2.11. The summed E-state index contributed by atoms with van der Waals surface area (Å²) in [6.45, 7) is 1.89. The second-order valence-corrected chi connectivity index (χ2v) is 4.44. The van der Waals surface area contributed by atoms with Crippen molar-refractivity contribution in [1.29, 1.82) is 0 Å². The van der Waals surface area contributed by atoms with Gasteiger partial charge in [-0.1, -0.05) is 6.92 Å². The lowest BCUT2D eigenvalue weighted by Crippen LogP contribution is -2.43. The summed E-state index contributed by atoms with van der Waals surface area (Å²) in [5.41, 5.74) is 1.16. The van der Waals surface area contributed by atoms with Gasteiger partial charge in [0.1, 0.15) is 11.8 Å². The third kappa shape index (κ3) is 3.50. The molecular weight excluding hydrogens is 274 g/mol. The summed E-state index contributed by atoms with van der Waals surface area (Å²) in [6, 6.07) is 0.793. The molecule has 2 aromatic heterocycles. The van der Waals surface area contributed by atoms with Crippen LogP contribution in [0, 0.1) is 0 Å². The van der Waals surface area contributed by atoms with Crippen LogP contribution in [0.5, 0.6) is 0 Å². The smallest absolute Gasteiger partial charge is 0.328 e. The molecule has 2 rings (SSSR count). The molecule has 0 saturated carbocycles. The minimum Gasteiger partial charge on any atom is -0.469 e. The molecule has 7 heteroatoms. The zero-order chi connectivity index (χ0) is 15.2. The molecule has 0 unspecified atom stereocenters. The van der Waals surface area contributed by atoms with Crippen LogP contribution in [0.25, 0.3) is 0 Å². The zero-order valence-electron chi connectivity index (χ0n) is 11.9. The molecule has 0 aliphatic heterocycles. The van der Waals surface area contributed by atoms with E-state index in [0.29, 0.717) is 17.7 Å². The number of aromatic nitrogens is 2. The van der Waals surface area contributed by atoms with E-state index in [4.69, 9.17) is 9.15 Å². The Hall–Kier alpha value is -2.57. The minimum atomic E-state index is -0.789. The highest BCUT2D eigenvalue weighted by molar-refractivity contribution is 5.97. The van der Waals surface area contributed by atoms with Crippen molar-refractivity contribution in [1.82, 2.24) is 15.3 Å². The van der Waals surface area contributed by atoms with Crippen LogP contribution >= 0.6 is 0 Å². The van der Waals surface area contributed by atoms with E-state index >= 15 is 0 Å². The Bertz CT molecular complexity index is 604. The summed E-state index contributed by atoms with van der Waals surface area (Å²) < 4.78 is 9.94. The largest absolute Gasteiger partial charge is 0.469 e. The molecule has 0 spiro atoms. The molecule has 0 bridgehead atoms. The monoisotopic (exact) mass is 291 g/mol. The summed E-state index contributed by atoms with van der Waals surface area (Å²) in [6.07, 6.45) is 5.43. The molecule has 2 N–H and O–H groups in total. The van der Waals surface area contributed by atoms with E-state index < -0.39 is 12.0 Å². The van der Waals surface area contributed by atoms with Gasteiger partial charge in [-0.3, -0.25) is 4.79 Å². The van der Waals surface area contributed by atoms with Crippen molar-refractivity contribution in [2.24, 2.45) is 0 Å². The number of nitrogens with zero attached hydrogens (tertiary/aromatic N) is 1. The van der Waals surface area contributed by atoms with Gasteiger partial charge in [-0.25, -0.2) is 9.78 Å². The molecule has 21 heavy (non-hydrogen) atoms. The maximum atomic E-state index is 12.2. The van der Waals surface area contributed by atoms with E-state index in [1.165, 1.54) is 19.7 Å². The van der Waals surface area contributed by atoms with E-state index in [2.05, 4.69) is 15.3 Å². The van der Waals surface area contributed by atoms with Gasteiger partial charge in [0, 0.05) is 24.7 Å². The molecule has 0 saturated heterocycles. The molecule has 0 fully saturated rings. The number of aromatic amines is 1. The first-order valence-corrected chi connectivity index (χ1v) is 6.58. The van der Waals surface area contributed by atoms with Crippen LogP contribution in [0.1, 0.15) is 28.7 Å². The number of hydrogen-bond donors (Lipinski definition) is 2. The molecule has 0 aromatic carbocycles. The number of nitrogens with one attached hydrogen (secondary N) is 2. The first kappa shape index (κ1) is 14.8. The van der Waals surface area contributed by atoms with Gasteiger partial charge in [0.2, 0.25) is 0 Å². The summed E-state index contributed by atoms with van der Waals surface area (Å²) in [7, 11) is 1.28. The summed E-state index contributed by atoms with van der Waals surface area (Å²) in [5, 5.41) is 2.66. The van der Waals surface area contributed by atoms with Crippen LogP contribution in [0.3, 0.4) is 0 Å². The molecule has 7 nitrogen and oxygen atoms in total. The number of methoxy groups -OCH3 is 1. The average Bonchev–Trinajstić information content (AvgIpc) is 3.16. The van der Waals surface area contributed by atoms with Gasteiger partial charge in [0.25, 0.3) is 5.91 Å². The minimum absolute atomic E-state index is 0.276. The summed E-state index contributed by atoms with van der Waals surface area (Å²) in [5.74, 6) is -0.298. The van der Waals surface area contributed by atoms with Crippen molar-refractivity contribution < 1.29 is 18.7 Å². The second-order valence-electron chi connectivity index (χ2n) is 4.44. The molecule has 2 aromatic rings. The highest BCUT2D eigenvalue weighted by atomic mass is 16.5. The molecule has 1 amide bonds. The van der Waals surface area contributed by atoms with Crippen molar-refractivity contribution in [2.75, 3.05) is 7.11 Å². The van der Waals surface area contributed by atoms with Crippen LogP contribution in [-0.2, 0) is 22.4 Å². The van der Waals surface area contributed by atoms with Gasteiger partial charge in [-0.15, -0.1) is 0 Å². The SMILES string of the molecule is CCc1occc1C(=O)N[C@@H](Cc1cnc[nH]1)C(=O)OC.